The van der Waals surface area contributed by atoms with Crippen molar-refractivity contribution in [2.24, 2.45) is 10.2 Å². The molecule has 1 atom stereocenters. The lowest BCUT2D eigenvalue weighted by molar-refractivity contribution is -0.159. The topological polar surface area (TPSA) is 77.3 Å². The Kier molecular flexibility index (Phi) is 4.83. The molecule has 0 N–H and O–H groups in total. The Morgan fingerprint density at radius 1 is 1.07 bits per heavy atom. The maximum atomic E-state index is 13.1. The van der Waals surface area contributed by atoms with Gasteiger partial charge in [-0.3, -0.25) is 4.79 Å². The molecule has 0 spiro atoms. The van der Waals surface area contributed by atoms with Crippen LogP contribution in [-0.2, 0) is 16.0 Å². The molecule has 2 aromatic rings. The lowest BCUT2D eigenvalue weighted by Crippen LogP contribution is -2.46. The van der Waals surface area contributed by atoms with Crippen LogP contribution in [0.15, 0.2) is 58.8 Å². The molecule has 0 fully saturated rings. The van der Waals surface area contributed by atoms with E-state index in [0.717, 1.165) is 5.56 Å². The van der Waals surface area contributed by atoms with Gasteiger partial charge in [-0.2, -0.15) is 10.2 Å². The number of ether oxygens (including phenoxy) is 2. The predicted molar refractivity (Wildman–Crippen MR) is 101 cm³/mol. The van der Waals surface area contributed by atoms with Crippen LogP contribution in [0.2, 0.25) is 0 Å². The van der Waals surface area contributed by atoms with Gasteiger partial charge in [-0.25, -0.2) is 4.79 Å². The molecule has 0 heterocycles. The summed E-state index contributed by atoms with van der Waals surface area (Å²) >= 11 is 0. The van der Waals surface area contributed by atoms with E-state index in [9.17, 15) is 9.59 Å². The van der Waals surface area contributed by atoms with E-state index in [0.29, 0.717) is 17.0 Å². The molecule has 0 saturated carbocycles. The van der Waals surface area contributed by atoms with Gasteiger partial charge in [0.05, 0.1) is 12.8 Å². The van der Waals surface area contributed by atoms with Crippen LogP contribution < -0.4 is 4.74 Å². The minimum Gasteiger partial charge on any atom is -0.497 e. The first-order valence-corrected chi connectivity index (χ1v) is 8.68. The van der Waals surface area contributed by atoms with E-state index >= 15 is 0 Å². The lowest BCUT2D eigenvalue weighted by Gasteiger charge is -2.26. The summed E-state index contributed by atoms with van der Waals surface area (Å²) in [7, 11) is 1.57. The molecular weight excluding hydrogens is 344 g/mol. The van der Waals surface area contributed by atoms with Crippen molar-refractivity contribution >= 4 is 17.4 Å². The van der Waals surface area contributed by atoms with Gasteiger partial charge in [-0.15, -0.1) is 0 Å². The van der Waals surface area contributed by atoms with E-state index in [2.05, 4.69) is 10.2 Å². The molecule has 2 aromatic carbocycles. The monoisotopic (exact) mass is 366 g/mol. The maximum Gasteiger partial charge on any atom is 0.345 e. The van der Waals surface area contributed by atoms with Gasteiger partial charge in [-0.05, 0) is 50.6 Å². The van der Waals surface area contributed by atoms with Gasteiger partial charge in [0, 0.05) is 12.0 Å². The first-order chi connectivity index (χ1) is 12.7. The summed E-state index contributed by atoms with van der Waals surface area (Å²) in [4.78, 5) is 26.1. The van der Waals surface area contributed by atoms with E-state index in [1.807, 2.05) is 12.1 Å². The number of carbonyl (C=O) groups is 2. The highest BCUT2D eigenvalue weighted by atomic mass is 16.6. The van der Waals surface area contributed by atoms with Crippen LogP contribution in [0.4, 0.5) is 5.69 Å². The summed E-state index contributed by atoms with van der Waals surface area (Å²) in [6.45, 7) is 5.27. The second-order valence-corrected chi connectivity index (χ2v) is 7.42. The Balaban J connectivity index is 1.99. The zero-order valence-corrected chi connectivity index (χ0v) is 15.9. The van der Waals surface area contributed by atoms with Crippen LogP contribution >= 0.6 is 0 Å². The number of Topliss-reactive ketones (excluding diaryl/α,β-unsaturated/α-hetero) is 1. The molecule has 0 amide bonds. The Hall–Kier alpha value is -3.02. The summed E-state index contributed by atoms with van der Waals surface area (Å²) in [6, 6.07) is 14.0. The van der Waals surface area contributed by atoms with E-state index in [1.54, 1.807) is 64.3 Å². The number of ketones is 1. The van der Waals surface area contributed by atoms with E-state index in [-0.39, 0.29) is 12.2 Å². The molecule has 0 unspecified atom stereocenters. The molecule has 6 nitrogen and oxygen atoms in total. The molecule has 0 bridgehead atoms. The lowest BCUT2D eigenvalue weighted by atomic mass is 9.95. The van der Waals surface area contributed by atoms with Crippen LogP contribution in [0, 0.1) is 0 Å². The van der Waals surface area contributed by atoms with E-state index in [4.69, 9.17) is 9.47 Å². The van der Waals surface area contributed by atoms with Gasteiger partial charge >= 0.3 is 5.97 Å². The fourth-order valence-corrected chi connectivity index (χ4v) is 2.92. The number of esters is 1. The van der Waals surface area contributed by atoms with Crippen molar-refractivity contribution in [1.29, 1.82) is 0 Å². The first-order valence-electron chi connectivity index (χ1n) is 8.68. The average molecular weight is 366 g/mol. The zero-order valence-electron chi connectivity index (χ0n) is 15.9. The van der Waals surface area contributed by atoms with Crippen molar-refractivity contribution in [1.82, 2.24) is 0 Å². The Labute approximate surface area is 158 Å². The summed E-state index contributed by atoms with van der Waals surface area (Å²) in [5.41, 5.74) is -0.673. The summed E-state index contributed by atoms with van der Waals surface area (Å²) in [5.74, 6) is -0.391. The molecule has 0 radical (unpaired) electrons. The fraction of sp³-hybridized carbons (Fsp3) is 0.333. The molecule has 0 aromatic heterocycles. The third kappa shape index (κ3) is 3.74. The zero-order chi connectivity index (χ0) is 19.7. The molecule has 140 valence electrons. The third-order valence-corrected chi connectivity index (χ3v) is 4.23. The van der Waals surface area contributed by atoms with Crippen molar-refractivity contribution in [2.75, 3.05) is 7.11 Å². The van der Waals surface area contributed by atoms with Crippen molar-refractivity contribution < 1.29 is 19.1 Å². The largest absolute Gasteiger partial charge is 0.497 e. The Morgan fingerprint density at radius 3 is 2.33 bits per heavy atom. The van der Waals surface area contributed by atoms with Crippen LogP contribution in [0.5, 0.6) is 5.75 Å². The second kappa shape index (κ2) is 6.95. The normalized spacial score (nSPS) is 19.2. The standard InChI is InChI=1S/C21H22N2O4/c1-20(2,3)27-19(25)21(13-14-7-5-6-8-17(14)18(21)24)23-22-15-9-11-16(26-4)12-10-15/h5-12H,13H2,1-4H3/t21-/m1/s1. The average Bonchev–Trinajstić information content (AvgIpc) is 2.93. The number of rotatable bonds is 4. The predicted octanol–water partition coefficient (Wildman–Crippen LogP) is 4.30. The molecule has 6 heteroatoms. The molecule has 1 aliphatic rings. The smallest absolute Gasteiger partial charge is 0.345 e. The number of methoxy groups -OCH3 is 1. The van der Waals surface area contributed by atoms with E-state index in [1.165, 1.54) is 0 Å². The molecule has 3 rings (SSSR count). The van der Waals surface area contributed by atoms with Gasteiger partial charge in [0.25, 0.3) is 0 Å². The molecule has 0 saturated heterocycles. The minimum atomic E-state index is -1.70. The van der Waals surface area contributed by atoms with Gasteiger partial charge < -0.3 is 9.47 Å². The van der Waals surface area contributed by atoms with Crippen molar-refractivity contribution in [2.45, 2.75) is 38.3 Å². The van der Waals surface area contributed by atoms with Gasteiger partial charge in [-0.1, -0.05) is 24.3 Å². The SMILES string of the molecule is COc1ccc(N=N[C@]2(C(=O)OC(C)(C)C)Cc3ccccc3C2=O)cc1. The van der Waals surface area contributed by atoms with Gasteiger partial charge in [0.1, 0.15) is 11.4 Å². The highest BCUT2D eigenvalue weighted by molar-refractivity contribution is 6.20. The Morgan fingerprint density at radius 2 is 1.74 bits per heavy atom. The fourth-order valence-electron chi connectivity index (χ4n) is 2.92. The molecule has 1 aliphatic carbocycles. The number of nitrogens with zero attached hydrogens (tertiary/aromatic N) is 2. The minimum absolute atomic E-state index is 0.135. The quantitative estimate of drug-likeness (QED) is 0.459. The van der Waals surface area contributed by atoms with Crippen LogP contribution in [0.25, 0.3) is 0 Å². The number of carbonyl (C=O) groups excluding carboxylic acids is 2. The van der Waals surface area contributed by atoms with Crippen molar-refractivity contribution in [3.63, 3.8) is 0 Å². The summed E-state index contributed by atoms with van der Waals surface area (Å²) < 4.78 is 10.6. The number of hydrogen-bond acceptors (Lipinski definition) is 6. The van der Waals surface area contributed by atoms with Gasteiger partial charge in [0.2, 0.25) is 11.3 Å². The number of fused-ring (bicyclic) bond motifs is 1. The summed E-state index contributed by atoms with van der Waals surface area (Å²) in [5, 5.41) is 8.39. The maximum absolute atomic E-state index is 13.1. The van der Waals surface area contributed by atoms with Gasteiger partial charge in [0.15, 0.2) is 0 Å². The number of benzene rings is 2. The van der Waals surface area contributed by atoms with Crippen LogP contribution in [0.3, 0.4) is 0 Å². The summed E-state index contributed by atoms with van der Waals surface area (Å²) in [6.07, 6.45) is 0.135. The van der Waals surface area contributed by atoms with Crippen molar-refractivity contribution in [3.05, 3.63) is 59.7 Å². The van der Waals surface area contributed by atoms with Crippen molar-refractivity contribution in [3.8, 4) is 5.75 Å². The highest BCUT2D eigenvalue weighted by Gasteiger charge is 2.54. The Bertz CT molecular complexity index is 897. The van der Waals surface area contributed by atoms with E-state index < -0.39 is 17.1 Å². The van der Waals surface area contributed by atoms with Crippen LogP contribution in [0.1, 0.15) is 36.7 Å². The third-order valence-electron chi connectivity index (χ3n) is 4.23. The number of hydrogen-bond donors (Lipinski definition) is 0. The first kappa shape index (κ1) is 18.8. The highest BCUT2D eigenvalue weighted by Crippen LogP contribution is 2.36. The molecular formula is C21H22N2O4. The number of azo groups is 1. The molecule has 0 aliphatic heterocycles. The van der Waals surface area contributed by atoms with Crippen LogP contribution in [-0.4, -0.2) is 30.0 Å². The molecule has 27 heavy (non-hydrogen) atoms. The second-order valence-electron chi connectivity index (χ2n) is 7.42.